The molecule has 0 spiro atoms. The van der Waals surface area contributed by atoms with Gasteiger partial charge in [-0.1, -0.05) is 195 Å². The van der Waals surface area contributed by atoms with Crippen LogP contribution in [-0.4, -0.2) is 8.07 Å². The lowest BCUT2D eigenvalue weighted by molar-refractivity contribution is 0.660. The Hall–Kier alpha value is -7.98. The lowest BCUT2D eigenvalue weighted by atomic mass is 9.76. The lowest BCUT2D eigenvalue weighted by Crippen LogP contribution is -2.74. The molecule has 1 aromatic heterocycles. The third-order valence-electron chi connectivity index (χ3n) is 15.4. The minimum absolute atomic E-state index is 0.950. The smallest absolute Gasteiger partial charge is 0.179 e. The van der Waals surface area contributed by atoms with Crippen LogP contribution < -0.4 is 25.6 Å². The molecule has 1 heterocycles. The number of rotatable bonds is 10. The molecule has 3 heteroatoms. The molecule has 1 saturated carbocycles. The first-order valence-corrected chi connectivity index (χ1v) is 28.0. The molecule has 0 unspecified atom stereocenters. The van der Waals surface area contributed by atoms with Crippen molar-refractivity contribution in [3.63, 3.8) is 0 Å². The number of anilines is 3. The number of furan rings is 1. The van der Waals surface area contributed by atoms with E-state index in [1.807, 2.05) is 0 Å². The SMILES string of the molecule is C=C1CCCCC/C(c2ccc3c(c2)oc2ccccc23)=C2/CCCC/C2=C/1c1ccc(N(c2ccc(-c3ccccc3)cc2)c2ccc([Si](c3ccccc3)(c3ccccc3)c3ccccc3)cc2)cc1. The summed E-state index contributed by atoms with van der Waals surface area (Å²) in [7, 11) is -2.71. The van der Waals surface area contributed by atoms with Gasteiger partial charge in [-0.2, -0.15) is 0 Å². The maximum Gasteiger partial charge on any atom is 0.179 e. The average Bonchev–Trinajstić information content (AvgIpc) is 3.83. The summed E-state index contributed by atoms with van der Waals surface area (Å²) < 4.78 is 6.47. The molecule has 1 fully saturated rings. The number of fused-ring (bicyclic) bond motifs is 4. The Morgan fingerprint density at radius 1 is 0.333 bits per heavy atom. The van der Waals surface area contributed by atoms with E-state index in [9.17, 15) is 0 Å². The molecule has 72 heavy (non-hydrogen) atoms. The molecular weight excluding hydrogens is 887 g/mol. The zero-order chi connectivity index (χ0) is 48.3. The summed E-state index contributed by atoms with van der Waals surface area (Å²) in [6.45, 7) is 4.88. The molecule has 2 nitrogen and oxygen atoms in total. The van der Waals surface area contributed by atoms with Gasteiger partial charge in [-0.25, -0.2) is 0 Å². The van der Waals surface area contributed by atoms with Crippen molar-refractivity contribution in [2.75, 3.05) is 4.90 Å². The number of benzene rings is 9. The van der Waals surface area contributed by atoms with Crippen LogP contribution in [0.5, 0.6) is 0 Å². The Kier molecular flexibility index (Phi) is 12.6. The van der Waals surface area contributed by atoms with Crippen LogP contribution in [0, 0.1) is 0 Å². The van der Waals surface area contributed by atoms with Gasteiger partial charge in [0.25, 0.3) is 0 Å². The highest BCUT2D eigenvalue weighted by atomic mass is 28.3. The third kappa shape index (κ3) is 8.48. The van der Waals surface area contributed by atoms with Gasteiger partial charge in [0.15, 0.2) is 8.07 Å². The summed E-state index contributed by atoms with van der Waals surface area (Å²) in [5.41, 5.74) is 17.4. The number of para-hydroxylation sites is 1. The van der Waals surface area contributed by atoms with Gasteiger partial charge in [0.1, 0.15) is 11.2 Å². The molecule has 0 amide bonds. The lowest BCUT2D eigenvalue weighted by Gasteiger charge is -2.35. The standard InChI is InChI=1S/C69H59NOSi/c1-50-21-7-2-16-30-62(54-39-48-65-64-32-19-20-34-67(64)71-68(65)49-54)63-31-17-18-33-66(63)69(50)53-37-42-56(43-38-53)70(55-40-35-52(36-41-55)51-22-8-3-9-23-51)57-44-46-61(47-45-57)72(58-24-10-4-11-25-58,59-26-12-5-13-27-59)60-28-14-6-15-29-60/h3-6,8-15,19-20,22-29,32,34-49H,1-2,7,16-18,21,30-31,33H2/b63-62+,69-66+. The molecule has 0 N–H and O–H groups in total. The van der Waals surface area contributed by atoms with Crippen molar-refractivity contribution in [3.05, 3.63) is 271 Å². The summed E-state index contributed by atoms with van der Waals surface area (Å²) in [5.74, 6) is 0. The van der Waals surface area contributed by atoms with E-state index in [2.05, 4.69) is 241 Å². The molecule has 0 aliphatic heterocycles. The van der Waals surface area contributed by atoms with Crippen LogP contribution in [0.15, 0.2) is 264 Å². The van der Waals surface area contributed by atoms with Crippen LogP contribution in [0.3, 0.4) is 0 Å². The van der Waals surface area contributed by atoms with Gasteiger partial charge in [-0.05, 0) is 177 Å². The minimum Gasteiger partial charge on any atom is -0.456 e. The Balaban J connectivity index is 0.979. The van der Waals surface area contributed by atoms with E-state index in [4.69, 9.17) is 11.0 Å². The van der Waals surface area contributed by atoms with E-state index in [0.717, 1.165) is 60.3 Å². The molecule has 9 aromatic carbocycles. The molecule has 350 valence electrons. The molecule has 12 rings (SSSR count). The molecule has 0 atom stereocenters. The van der Waals surface area contributed by atoms with Crippen molar-refractivity contribution in [1.29, 1.82) is 0 Å². The summed E-state index contributed by atoms with van der Waals surface area (Å²) >= 11 is 0. The van der Waals surface area contributed by atoms with Crippen LogP contribution in [0.2, 0.25) is 0 Å². The van der Waals surface area contributed by atoms with Crippen LogP contribution in [0.25, 0.3) is 44.2 Å². The Labute approximate surface area is 426 Å². The second kappa shape index (κ2) is 20.0. The van der Waals surface area contributed by atoms with E-state index in [0.29, 0.717) is 0 Å². The fraction of sp³-hybridized carbons (Fsp3) is 0.130. The zero-order valence-electron chi connectivity index (χ0n) is 40.9. The summed E-state index contributed by atoms with van der Waals surface area (Å²) in [5, 5.41) is 7.82. The number of nitrogens with zero attached hydrogens (tertiary/aromatic N) is 1. The molecular formula is C69H59NOSi. The monoisotopic (exact) mass is 945 g/mol. The number of allylic oxidation sites excluding steroid dienone is 5. The van der Waals surface area contributed by atoms with Crippen LogP contribution in [-0.2, 0) is 0 Å². The normalized spacial score (nSPS) is 16.6. The van der Waals surface area contributed by atoms with Gasteiger partial charge >= 0.3 is 0 Å². The van der Waals surface area contributed by atoms with Crippen LogP contribution >= 0.6 is 0 Å². The van der Waals surface area contributed by atoms with Crippen molar-refractivity contribution in [1.82, 2.24) is 0 Å². The van der Waals surface area contributed by atoms with E-state index < -0.39 is 8.07 Å². The van der Waals surface area contributed by atoms with E-state index >= 15 is 0 Å². The summed E-state index contributed by atoms with van der Waals surface area (Å²) in [6.07, 6.45) is 10.1. The topological polar surface area (TPSA) is 16.4 Å². The molecule has 2 aliphatic carbocycles. The highest BCUT2D eigenvalue weighted by molar-refractivity contribution is 7.19. The Morgan fingerprint density at radius 3 is 1.38 bits per heavy atom. The molecule has 10 aromatic rings. The fourth-order valence-electron chi connectivity index (χ4n) is 12.0. The van der Waals surface area contributed by atoms with E-state index in [-0.39, 0.29) is 0 Å². The second-order valence-corrected chi connectivity index (χ2v) is 23.5. The second-order valence-electron chi connectivity index (χ2n) is 19.7. The number of hydrogen-bond donors (Lipinski definition) is 0. The maximum atomic E-state index is 6.47. The maximum absolute atomic E-state index is 6.47. The van der Waals surface area contributed by atoms with Crippen molar-refractivity contribution >= 4 is 79.0 Å². The minimum atomic E-state index is -2.71. The molecule has 2 aliphatic rings. The highest BCUT2D eigenvalue weighted by Gasteiger charge is 2.41. The quantitative estimate of drug-likeness (QED) is 0.100. The van der Waals surface area contributed by atoms with Crippen molar-refractivity contribution in [2.45, 2.75) is 57.8 Å². The van der Waals surface area contributed by atoms with Gasteiger partial charge < -0.3 is 9.32 Å². The first-order valence-electron chi connectivity index (χ1n) is 26.0. The van der Waals surface area contributed by atoms with Crippen molar-refractivity contribution < 1.29 is 4.42 Å². The summed E-state index contributed by atoms with van der Waals surface area (Å²) in [4.78, 5) is 2.43. The number of hydrogen-bond acceptors (Lipinski definition) is 2. The Morgan fingerprint density at radius 2 is 0.764 bits per heavy atom. The van der Waals surface area contributed by atoms with Gasteiger partial charge in [0.05, 0.1) is 0 Å². The van der Waals surface area contributed by atoms with Gasteiger partial charge in [-0.15, -0.1) is 0 Å². The largest absolute Gasteiger partial charge is 0.456 e. The third-order valence-corrected chi connectivity index (χ3v) is 20.2. The molecule has 0 bridgehead atoms. The van der Waals surface area contributed by atoms with E-state index in [1.54, 1.807) is 0 Å². The predicted molar refractivity (Wildman–Crippen MR) is 308 cm³/mol. The first-order chi connectivity index (χ1) is 35.6. The Bertz CT molecular complexity index is 3480. The summed E-state index contributed by atoms with van der Waals surface area (Å²) in [6, 6.07) is 87.6. The van der Waals surface area contributed by atoms with Crippen molar-refractivity contribution in [3.8, 4) is 11.1 Å². The predicted octanol–water partition coefficient (Wildman–Crippen LogP) is 16.4. The average molecular weight is 946 g/mol. The van der Waals surface area contributed by atoms with Crippen LogP contribution in [0.4, 0.5) is 17.1 Å². The van der Waals surface area contributed by atoms with Crippen LogP contribution in [0.1, 0.15) is 68.9 Å². The molecule has 0 saturated heterocycles. The van der Waals surface area contributed by atoms with E-state index in [1.165, 1.54) is 107 Å². The first kappa shape index (κ1) is 45.2. The van der Waals surface area contributed by atoms with Crippen molar-refractivity contribution in [2.24, 2.45) is 0 Å². The fourth-order valence-corrected chi connectivity index (χ4v) is 16.8. The molecule has 0 radical (unpaired) electrons. The van der Waals surface area contributed by atoms with Gasteiger partial charge in [-0.3, -0.25) is 0 Å². The van der Waals surface area contributed by atoms with Gasteiger partial charge in [0, 0.05) is 27.8 Å². The van der Waals surface area contributed by atoms with Gasteiger partial charge in [0.2, 0.25) is 0 Å². The highest BCUT2D eigenvalue weighted by Crippen LogP contribution is 2.46. The zero-order valence-corrected chi connectivity index (χ0v) is 41.9.